The largest absolute Gasteiger partial charge is 0.373 e. The van der Waals surface area contributed by atoms with Gasteiger partial charge in [0.25, 0.3) is 0 Å². The molecule has 0 fully saturated rings. The minimum atomic E-state index is -0.460. The van der Waals surface area contributed by atoms with Crippen molar-refractivity contribution >= 4 is 5.97 Å². The summed E-state index contributed by atoms with van der Waals surface area (Å²) in [4.78, 5) is 20.6. The standard InChI is InChI=1S/C11H14O3/c1-8(2)13-14-11(12)10-6-4-9(3)5-7-10/h4-8H,1-3H3. The van der Waals surface area contributed by atoms with Gasteiger partial charge in [-0.1, -0.05) is 17.7 Å². The van der Waals surface area contributed by atoms with Crippen molar-refractivity contribution in [3.63, 3.8) is 0 Å². The molecule has 0 spiro atoms. The fourth-order valence-corrected chi connectivity index (χ4v) is 0.878. The minimum absolute atomic E-state index is 0.121. The summed E-state index contributed by atoms with van der Waals surface area (Å²) < 4.78 is 0. The number of carbonyl (C=O) groups excluding carboxylic acids is 1. The molecule has 1 aromatic carbocycles. The van der Waals surface area contributed by atoms with Crippen LogP contribution in [0.1, 0.15) is 29.8 Å². The van der Waals surface area contributed by atoms with E-state index in [-0.39, 0.29) is 6.10 Å². The van der Waals surface area contributed by atoms with E-state index >= 15 is 0 Å². The number of rotatable bonds is 3. The Labute approximate surface area is 83.6 Å². The van der Waals surface area contributed by atoms with Gasteiger partial charge >= 0.3 is 5.97 Å². The van der Waals surface area contributed by atoms with Crippen molar-refractivity contribution in [3.05, 3.63) is 35.4 Å². The summed E-state index contributed by atoms with van der Waals surface area (Å²) in [6, 6.07) is 7.13. The van der Waals surface area contributed by atoms with Crippen molar-refractivity contribution in [2.45, 2.75) is 26.9 Å². The van der Waals surface area contributed by atoms with Crippen LogP contribution in [-0.4, -0.2) is 12.1 Å². The molecule has 0 atom stereocenters. The molecule has 0 radical (unpaired) electrons. The van der Waals surface area contributed by atoms with Crippen LogP contribution in [0.25, 0.3) is 0 Å². The second-order valence-corrected chi connectivity index (χ2v) is 3.38. The van der Waals surface area contributed by atoms with E-state index in [0.29, 0.717) is 5.56 Å². The Kier molecular flexibility index (Phi) is 3.65. The van der Waals surface area contributed by atoms with Gasteiger partial charge in [0, 0.05) is 0 Å². The number of aryl methyl sites for hydroxylation is 1. The van der Waals surface area contributed by atoms with Crippen LogP contribution in [-0.2, 0) is 9.78 Å². The predicted molar refractivity (Wildman–Crippen MR) is 52.8 cm³/mol. The third-order valence-electron chi connectivity index (χ3n) is 1.60. The summed E-state index contributed by atoms with van der Waals surface area (Å²) in [7, 11) is 0. The molecule has 0 amide bonds. The van der Waals surface area contributed by atoms with E-state index in [4.69, 9.17) is 4.89 Å². The fourth-order valence-electron chi connectivity index (χ4n) is 0.878. The first-order valence-electron chi connectivity index (χ1n) is 4.54. The normalized spacial score (nSPS) is 10.3. The average molecular weight is 194 g/mol. The second-order valence-electron chi connectivity index (χ2n) is 3.38. The van der Waals surface area contributed by atoms with Gasteiger partial charge in [-0.3, -0.25) is 4.89 Å². The van der Waals surface area contributed by atoms with E-state index in [1.54, 1.807) is 26.0 Å². The highest BCUT2D eigenvalue weighted by Crippen LogP contribution is 2.05. The van der Waals surface area contributed by atoms with Crippen LogP contribution >= 0.6 is 0 Å². The smallest absolute Gasteiger partial charge is 0.293 e. The molecule has 1 aromatic rings. The lowest BCUT2D eigenvalue weighted by atomic mass is 10.2. The maximum absolute atomic E-state index is 11.3. The van der Waals surface area contributed by atoms with Gasteiger partial charge in [0.1, 0.15) is 0 Å². The van der Waals surface area contributed by atoms with Crippen molar-refractivity contribution in [3.8, 4) is 0 Å². The molecule has 0 aliphatic heterocycles. The molecule has 76 valence electrons. The Morgan fingerprint density at radius 3 is 2.29 bits per heavy atom. The first-order chi connectivity index (χ1) is 6.59. The topological polar surface area (TPSA) is 35.5 Å². The molecule has 14 heavy (non-hydrogen) atoms. The second kappa shape index (κ2) is 4.77. The highest BCUT2D eigenvalue weighted by atomic mass is 17.2. The number of carbonyl (C=O) groups is 1. The van der Waals surface area contributed by atoms with Gasteiger partial charge in [-0.25, -0.2) is 4.79 Å². The van der Waals surface area contributed by atoms with Gasteiger partial charge in [0.15, 0.2) is 0 Å². The molecule has 0 saturated carbocycles. The highest BCUT2D eigenvalue weighted by molar-refractivity contribution is 5.88. The maximum atomic E-state index is 11.3. The van der Waals surface area contributed by atoms with Crippen molar-refractivity contribution in [1.82, 2.24) is 0 Å². The van der Waals surface area contributed by atoms with Gasteiger partial charge in [-0.05, 0) is 32.9 Å². The molecule has 0 aliphatic rings. The number of benzene rings is 1. The molecular weight excluding hydrogens is 180 g/mol. The van der Waals surface area contributed by atoms with Crippen LogP contribution in [0.15, 0.2) is 24.3 Å². The Balaban J connectivity index is 2.57. The Morgan fingerprint density at radius 2 is 1.79 bits per heavy atom. The van der Waals surface area contributed by atoms with Crippen LogP contribution < -0.4 is 0 Å². The van der Waals surface area contributed by atoms with Gasteiger partial charge in [0.2, 0.25) is 0 Å². The van der Waals surface area contributed by atoms with Crippen molar-refractivity contribution in [1.29, 1.82) is 0 Å². The molecule has 3 nitrogen and oxygen atoms in total. The molecule has 0 aromatic heterocycles. The first-order valence-corrected chi connectivity index (χ1v) is 4.54. The molecule has 0 aliphatic carbocycles. The van der Waals surface area contributed by atoms with Crippen LogP contribution in [0.2, 0.25) is 0 Å². The lowest BCUT2D eigenvalue weighted by molar-refractivity contribution is -0.265. The first kappa shape index (κ1) is 10.7. The van der Waals surface area contributed by atoms with E-state index in [1.165, 1.54) is 0 Å². The third-order valence-corrected chi connectivity index (χ3v) is 1.60. The highest BCUT2D eigenvalue weighted by Gasteiger charge is 2.08. The summed E-state index contributed by atoms with van der Waals surface area (Å²) in [5.74, 6) is -0.460. The number of hydrogen-bond donors (Lipinski definition) is 0. The fraction of sp³-hybridized carbons (Fsp3) is 0.364. The molecule has 0 bridgehead atoms. The summed E-state index contributed by atoms with van der Waals surface area (Å²) in [5.41, 5.74) is 1.60. The van der Waals surface area contributed by atoms with Crippen LogP contribution in [0.5, 0.6) is 0 Å². The summed E-state index contributed by atoms with van der Waals surface area (Å²) >= 11 is 0. The van der Waals surface area contributed by atoms with E-state index in [1.807, 2.05) is 19.1 Å². The average Bonchev–Trinajstić information content (AvgIpc) is 2.15. The summed E-state index contributed by atoms with van der Waals surface area (Å²) in [6.45, 7) is 5.55. The lowest BCUT2D eigenvalue weighted by Gasteiger charge is -2.05. The Bertz CT molecular complexity index is 301. The van der Waals surface area contributed by atoms with Crippen molar-refractivity contribution < 1.29 is 14.6 Å². The van der Waals surface area contributed by atoms with E-state index < -0.39 is 5.97 Å². The van der Waals surface area contributed by atoms with Gasteiger partial charge in [-0.15, -0.1) is 0 Å². The van der Waals surface area contributed by atoms with E-state index in [2.05, 4.69) is 4.89 Å². The predicted octanol–water partition coefficient (Wildman–Crippen LogP) is 2.49. The molecular formula is C11H14O3. The lowest BCUT2D eigenvalue weighted by Crippen LogP contribution is -2.10. The van der Waals surface area contributed by atoms with Crippen molar-refractivity contribution in [2.24, 2.45) is 0 Å². The monoisotopic (exact) mass is 194 g/mol. The molecule has 1 rings (SSSR count). The zero-order chi connectivity index (χ0) is 10.6. The van der Waals surface area contributed by atoms with E-state index in [0.717, 1.165) is 5.56 Å². The zero-order valence-corrected chi connectivity index (χ0v) is 8.61. The van der Waals surface area contributed by atoms with Crippen LogP contribution in [0.3, 0.4) is 0 Å². The molecule has 0 saturated heterocycles. The van der Waals surface area contributed by atoms with Gasteiger partial charge in [0.05, 0.1) is 11.7 Å². The Morgan fingerprint density at radius 1 is 1.21 bits per heavy atom. The van der Waals surface area contributed by atoms with Crippen LogP contribution in [0, 0.1) is 6.92 Å². The SMILES string of the molecule is Cc1ccc(C(=O)OOC(C)C)cc1. The maximum Gasteiger partial charge on any atom is 0.373 e. The van der Waals surface area contributed by atoms with Crippen LogP contribution in [0.4, 0.5) is 0 Å². The summed E-state index contributed by atoms with van der Waals surface area (Å²) in [5, 5.41) is 0. The molecule has 0 heterocycles. The van der Waals surface area contributed by atoms with E-state index in [9.17, 15) is 4.79 Å². The van der Waals surface area contributed by atoms with Gasteiger partial charge in [-0.2, -0.15) is 4.89 Å². The molecule has 0 unspecified atom stereocenters. The number of hydrogen-bond acceptors (Lipinski definition) is 3. The summed E-state index contributed by atoms with van der Waals surface area (Å²) in [6.07, 6.45) is -0.121. The molecule has 3 heteroatoms. The minimum Gasteiger partial charge on any atom is -0.293 e. The molecule has 0 N–H and O–H groups in total. The Hall–Kier alpha value is -1.35. The quantitative estimate of drug-likeness (QED) is 0.547. The van der Waals surface area contributed by atoms with Gasteiger partial charge < -0.3 is 0 Å². The third kappa shape index (κ3) is 3.18. The van der Waals surface area contributed by atoms with Crippen molar-refractivity contribution in [2.75, 3.05) is 0 Å². The zero-order valence-electron chi connectivity index (χ0n) is 8.61.